The van der Waals surface area contributed by atoms with E-state index in [0.717, 1.165) is 45.4 Å². The number of nitrogens with zero attached hydrogens (tertiary/aromatic N) is 1. The van der Waals surface area contributed by atoms with Gasteiger partial charge < -0.3 is 9.64 Å². The maximum Gasteiger partial charge on any atom is 0.222 e. The molecule has 1 aromatic rings. The maximum absolute atomic E-state index is 12.3. The molecule has 0 unspecified atom stereocenters. The van der Waals surface area contributed by atoms with Gasteiger partial charge in [-0.2, -0.15) is 0 Å². The molecule has 1 saturated heterocycles. The van der Waals surface area contributed by atoms with Crippen LogP contribution in [0.3, 0.4) is 0 Å². The van der Waals surface area contributed by atoms with Crippen LogP contribution in [0.5, 0.6) is 0 Å². The van der Waals surface area contributed by atoms with E-state index in [2.05, 4.69) is 29.3 Å². The summed E-state index contributed by atoms with van der Waals surface area (Å²) in [7, 11) is 0. The van der Waals surface area contributed by atoms with E-state index in [1.54, 1.807) is 11.3 Å². The van der Waals surface area contributed by atoms with E-state index in [1.165, 1.54) is 4.88 Å². The number of amides is 1. The summed E-state index contributed by atoms with van der Waals surface area (Å²) in [4.78, 5) is 15.8. The fourth-order valence-corrected chi connectivity index (χ4v) is 3.25. The third-order valence-corrected chi connectivity index (χ3v) is 4.53. The van der Waals surface area contributed by atoms with Gasteiger partial charge in [0.05, 0.1) is 0 Å². The van der Waals surface area contributed by atoms with Crippen LogP contribution in [-0.4, -0.2) is 36.6 Å². The monoisotopic (exact) mass is 281 g/mol. The van der Waals surface area contributed by atoms with Gasteiger partial charge in [0.15, 0.2) is 0 Å². The molecule has 0 aliphatic carbocycles. The van der Waals surface area contributed by atoms with Crippen molar-refractivity contribution in [2.45, 2.75) is 45.1 Å². The zero-order valence-corrected chi connectivity index (χ0v) is 12.5. The largest absolute Gasteiger partial charge is 0.381 e. The van der Waals surface area contributed by atoms with Crippen LogP contribution in [0.2, 0.25) is 0 Å². The average Bonchev–Trinajstić information content (AvgIpc) is 2.94. The van der Waals surface area contributed by atoms with E-state index in [-0.39, 0.29) is 0 Å². The minimum atomic E-state index is 0.311. The number of ether oxygens (including phenoxy) is 1. The van der Waals surface area contributed by atoms with Crippen LogP contribution in [0.1, 0.15) is 37.5 Å². The van der Waals surface area contributed by atoms with E-state index in [4.69, 9.17) is 4.74 Å². The second kappa shape index (κ2) is 7.65. The lowest BCUT2D eigenvalue weighted by molar-refractivity contribution is -0.135. The molecule has 0 spiro atoms. The molecule has 1 aromatic heterocycles. The third kappa shape index (κ3) is 4.32. The highest BCUT2D eigenvalue weighted by atomic mass is 32.1. The second-order valence-electron chi connectivity index (χ2n) is 5.01. The summed E-state index contributed by atoms with van der Waals surface area (Å²) >= 11 is 1.77. The fourth-order valence-electron chi connectivity index (χ4n) is 2.55. The van der Waals surface area contributed by atoms with Gasteiger partial charge in [0.25, 0.3) is 0 Å². The predicted octanol–water partition coefficient (Wildman–Crippen LogP) is 3.10. The first kappa shape index (κ1) is 14.5. The molecule has 1 aliphatic heterocycles. The molecule has 2 heterocycles. The first-order valence-corrected chi connectivity index (χ1v) is 8.09. The summed E-state index contributed by atoms with van der Waals surface area (Å²) < 4.78 is 5.40. The van der Waals surface area contributed by atoms with Gasteiger partial charge in [0.2, 0.25) is 5.91 Å². The quantitative estimate of drug-likeness (QED) is 0.802. The zero-order chi connectivity index (χ0) is 13.5. The lowest BCUT2D eigenvalue weighted by Gasteiger charge is -2.34. The minimum absolute atomic E-state index is 0.311. The van der Waals surface area contributed by atoms with Crippen LogP contribution < -0.4 is 0 Å². The molecule has 1 aliphatic rings. The first-order valence-electron chi connectivity index (χ1n) is 7.21. The van der Waals surface area contributed by atoms with Crippen molar-refractivity contribution < 1.29 is 9.53 Å². The molecule has 0 atom stereocenters. The van der Waals surface area contributed by atoms with Gasteiger partial charge in [-0.25, -0.2) is 0 Å². The van der Waals surface area contributed by atoms with E-state index in [9.17, 15) is 4.79 Å². The Kier molecular flexibility index (Phi) is 5.86. The highest BCUT2D eigenvalue weighted by Crippen LogP contribution is 2.18. The Bertz CT molecular complexity index is 372. The molecule has 0 saturated carbocycles. The number of carbonyl (C=O) groups excluding carboxylic acids is 1. The standard InChI is InChI=1S/C15H23NO2S/c1-2-4-15(17)16(13-7-10-18-11-8-13)9-6-14-5-3-12-19-14/h3,5,12-13H,2,4,6-11H2,1H3. The SMILES string of the molecule is CCCC(=O)N(CCc1cccs1)C1CCOCC1. The number of hydrogen-bond acceptors (Lipinski definition) is 3. The molecule has 1 fully saturated rings. The van der Waals surface area contributed by atoms with Crippen molar-refractivity contribution in [1.82, 2.24) is 4.90 Å². The van der Waals surface area contributed by atoms with Crippen molar-refractivity contribution in [2.75, 3.05) is 19.8 Å². The van der Waals surface area contributed by atoms with Gasteiger partial charge in [-0.1, -0.05) is 13.0 Å². The Morgan fingerprint density at radius 2 is 2.26 bits per heavy atom. The Balaban J connectivity index is 1.94. The predicted molar refractivity (Wildman–Crippen MR) is 78.5 cm³/mol. The average molecular weight is 281 g/mol. The maximum atomic E-state index is 12.3. The van der Waals surface area contributed by atoms with Gasteiger partial charge in [-0.3, -0.25) is 4.79 Å². The topological polar surface area (TPSA) is 29.5 Å². The summed E-state index contributed by atoms with van der Waals surface area (Å²) in [6.07, 6.45) is 4.55. The number of carbonyl (C=O) groups is 1. The summed E-state index contributed by atoms with van der Waals surface area (Å²) in [5.41, 5.74) is 0. The van der Waals surface area contributed by atoms with Crippen LogP contribution in [-0.2, 0) is 16.0 Å². The van der Waals surface area contributed by atoms with Crippen molar-refractivity contribution in [3.05, 3.63) is 22.4 Å². The van der Waals surface area contributed by atoms with E-state index < -0.39 is 0 Å². The lowest BCUT2D eigenvalue weighted by atomic mass is 10.1. The molecular weight excluding hydrogens is 258 g/mol. The van der Waals surface area contributed by atoms with Gasteiger partial charge in [-0.15, -0.1) is 11.3 Å². The van der Waals surface area contributed by atoms with E-state index in [1.807, 2.05) is 0 Å². The summed E-state index contributed by atoms with van der Waals surface area (Å²) in [6.45, 7) is 4.50. The van der Waals surface area contributed by atoms with E-state index in [0.29, 0.717) is 18.4 Å². The normalized spacial score (nSPS) is 16.5. The molecule has 106 valence electrons. The minimum Gasteiger partial charge on any atom is -0.381 e. The molecule has 0 radical (unpaired) electrons. The van der Waals surface area contributed by atoms with Crippen LogP contribution >= 0.6 is 11.3 Å². The zero-order valence-electron chi connectivity index (χ0n) is 11.6. The first-order chi connectivity index (χ1) is 9.31. The van der Waals surface area contributed by atoms with Gasteiger partial charge in [0, 0.05) is 37.1 Å². The lowest BCUT2D eigenvalue weighted by Crippen LogP contribution is -2.44. The summed E-state index contributed by atoms with van der Waals surface area (Å²) in [6, 6.07) is 4.61. The Morgan fingerprint density at radius 3 is 2.89 bits per heavy atom. The van der Waals surface area contributed by atoms with Crippen LogP contribution in [0, 0.1) is 0 Å². The van der Waals surface area contributed by atoms with Crippen molar-refractivity contribution in [3.63, 3.8) is 0 Å². The molecule has 4 heteroatoms. The molecule has 3 nitrogen and oxygen atoms in total. The molecule has 1 amide bonds. The Morgan fingerprint density at radius 1 is 1.47 bits per heavy atom. The number of thiophene rings is 1. The molecular formula is C15H23NO2S. The fraction of sp³-hybridized carbons (Fsp3) is 0.667. The highest BCUT2D eigenvalue weighted by molar-refractivity contribution is 7.09. The Hall–Kier alpha value is -0.870. The number of hydrogen-bond donors (Lipinski definition) is 0. The molecule has 19 heavy (non-hydrogen) atoms. The Labute approximate surface area is 119 Å². The molecule has 2 rings (SSSR count). The van der Waals surface area contributed by atoms with Crippen molar-refractivity contribution in [2.24, 2.45) is 0 Å². The molecule has 0 aromatic carbocycles. The van der Waals surface area contributed by atoms with Crippen LogP contribution in [0.25, 0.3) is 0 Å². The highest BCUT2D eigenvalue weighted by Gasteiger charge is 2.24. The molecule has 0 N–H and O–H groups in total. The van der Waals surface area contributed by atoms with Crippen LogP contribution in [0.4, 0.5) is 0 Å². The van der Waals surface area contributed by atoms with Gasteiger partial charge in [-0.05, 0) is 37.1 Å². The third-order valence-electron chi connectivity index (χ3n) is 3.60. The van der Waals surface area contributed by atoms with E-state index >= 15 is 0 Å². The van der Waals surface area contributed by atoms with Gasteiger partial charge >= 0.3 is 0 Å². The van der Waals surface area contributed by atoms with Crippen LogP contribution in [0.15, 0.2) is 17.5 Å². The van der Waals surface area contributed by atoms with Gasteiger partial charge in [0.1, 0.15) is 0 Å². The summed E-state index contributed by atoms with van der Waals surface area (Å²) in [5.74, 6) is 0.311. The smallest absolute Gasteiger partial charge is 0.222 e. The summed E-state index contributed by atoms with van der Waals surface area (Å²) in [5, 5.41) is 2.10. The molecule has 0 bridgehead atoms. The second-order valence-corrected chi connectivity index (χ2v) is 6.04. The van der Waals surface area contributed by atoms with Crippen molar-refractivity contribution in [1.29, 1.82) is 0 Å². The number of rotatable bonds is 6. The van der Waals surface area contributed by atoms with Crippen molar-refractivity contribution >= 4 is 17.2 Å². The van der Waals surface area contributed by atoms with Crippen molar-refractivity contribution in [3.8, 4) is 0 Å².